The Morgan fingerprint density at radius 1 is 1.33 bits per heavy atom. The van der Waals surface area contributed by atoms with Crippen molar-refractivity contribution in [1.29, 1.82) is 0 Å². The minimum absolute atomic E-state index is 0.236. The Hall–Kier alpha value is -0.270. The number of hydrogen-bond donors (Lipinski definition) is 1. The van der Waals surface area contributed by atoms with Gasteiger partial charge in [-0.1, -0.05) is 0 Å². The van der Waals surface area contributed by atoms with Gasteiger partial charge in [0.15, 0.2) is 4.75 Å². The van der Waals surface area contributed by atoms with Crippen LogP contribution < -0.4 is 0 Å². The van der Waals surface area contributed by atoms with Crippen LogP contribution in [0.4, 0.5) is 0 Å². The zero-order valence-electron chi connectivity index (χ0n) is 10.7. The summed E-state index contributed by atoms with van der Waals surface area (Å²) < 4.78 is 29.2. The quantitative estimate of drug-likeness (QED) is 0.777. The van der Waals surface area contributed by atoms with Crippen molar-refractivity contribution in [2.24, 2.45) is 5.41 Å². The predicted octanol–water partition coefficient (Wildman–Crippen LogP) is 0.664. The number of ether oxygens (including phenoxy) is 1. The molecular formula is C11H19NO4S2. The van der Waals surface area contributed by atoms with Gasteiger partial charge in [0.1, 0.15) is 0 Å². The van der Waals surface area contributed by atoms with Crippen LogP contribution in [0.25, 0.3) is 0 Å². The SMILES string of the molecule is CC1(C)C(=O)N(CC2(CS)CCOCC2)S1(=O)=O. The van der Waals surface area contributed by atoms with Gasteiger partial charge in [-0.05, 0) is 32.4 Å². The molecule has 2 rings (SSSR count). The summed E-state index contributed by atoms with van der Waals surface area (Å²) in [6.45, 7) is 4.36. The molecule has 0 N–H and O–H groups in total. The van der Waals surface area contributed by atoms with E-state index < -0.39 is 14.8 Å². The van der Waals surface area contributed by atoms with Crippen LogP contribution in [0.5, 0.6) is 0 Å². The summed E-state index contributed by atoms with van der Waals surface area (Å²) in [4.78, 5) is 11.9. The second kappa shape index (κ2) is 4.38. The van der Waals surface area contributed by atoms with E-state index in [-0.39, 0.29) is 17.9 Å². The van der Waals surface area contributed by atoms with Gasteiger partial charge < -0.3 is 4.74 Å². The van der Waals surface area contributed by atoms with Crippen LogP contribution in [-0.4, -0.2) is 48.9 Å². The van der Waals surface area contributed by atoms with Gasteiger partial charge in [-0.15, -0.1) is 0 Å². The van der Waals surface area contributed by atoms with E-state index in [1.807, 2.05) is 0 Å². The number of thiol groups is 1. The monoisotopic (exact) mass is 293 g/mol. The molecule has 0 aromatic carbocycles. The molecule has 0 spiro atoms. The third kappa shape index (κ3) is 1.87. The summed E-state index contributed by atoms with van der Waals surface area (Å²) in [5.41, 5.74) is -0.236. The molecular weight excluding hydrogens is 274 g/mol. The number of carbonyl (C=O) groups is 1. The molecule has 0 radical (unpaired) electrons. The lowest BCUT2D eigenvalue weighted by Crippen LogP contribution is -2.69. The van der Waals surface area contributed by atoms with E-state index in [4.69, 9.17) is 4.74 Å². The molecule has 0 atom stereocenters. The average molecular weight is 293 g/mol. The first-order valence-electron chi connectivity index (χ1n) is 6.02. The summed E-state index contributed by atoms with van der Waals surface area (Å²) in [6, 6.07) is 0. The Labute approximate surface area is 113 Å². The van der Waals surface area contributed by atoms with Gasteiger partial charge in [0.25, 0.3) is 15.9 Å². The van der Waals surface area contributed by atoms with Crippen molar-refractivity contribution in [2.75, 3.05) is 25.5 Å². The van der Waals surface area contributed by atoms with E-state index in [1.54, 1.807) is 0 Å². The van der Waals surface area contributed by atoms with Gasteiger partial charge in [-0.2, -0.15) is 12.6 Å². The van der Waals surface area contributed by atoms with Crippen molar-refractivity contribution in [1.82, 2.24) is 4.31 Å². The maximum absolute atomic E-state index is 12.1. The fourth-order valence-corrected chi connectivity index (χ4v) is 4.44. The standard InChI is InChI=1S/C11H19NO4S2/c1-10(2)9(13)12(18(10,14)15)7-11(8-17)3-5-16-6-4-11/h17H,3-8H2,1-2H3. The maximum atomic E-state index is 12.1. The number of carbonyl (C=O) groups excluding carboxylic acids is 1. The van der Waals surface area contributed by atoms with Crippen LogP contribution in [-0.2, 0) is 19.6 Å². The molecule has 0 unspecified atom stereocenters. The van der Waals surface area contributed by atoms with Crippen molar-refractivity contribution in [2.45, 2.75) is 31.4 Å². The molecule has 2 fully saturated rings. The molecule has 104 valence electrons. The molecule has 5 nitrogen and oxygen atoms in total. The van der Waals surface area contributed by atoms with Gasteiger partial charge >= 0.3 is 0 Å². The van der Waals surface area contributed by atoms with E-state index in [0.29, 0.717) is 19.0 Å². The third-order valence-corrected chi connectivity index (χ3v) is 7.05. The molecule has 0 aromatic heterocycles. The van der Waals surface area contributed by atoms with Crippen molar-refractivity contribution in [3.63, 3.8) is 0 Å². The van der Waals surface area contributed by atoms with Crippen LogP contribution in [0.15, 0.2) is 0 Å². The summed E-state index contributed by atoms with van der Waals surface area (Å²) in [6.07, 6.45) is 1.49. The predicted molar refractivity (Wildman–Crippen MR) is 71.1 cm³/mol. The molecule has 0 aliphatic carbocycles. The lowest BCUT2D eigenvalue weighted by molar-refractivity contribution is -0.134. The Balaban J connectivity index is 2.17. The van der Waals surface area contributed by atoms with Crippen LogP contribution in [0, 0.1) is 5.41 Å². The highest BCUT2D eigenvalue weighted by atomic mass is 32.2. The topological polar surface area (TPSA) is 63.7 Å². The van der Waals surface area contributed by atoms with Crippen LogP contribution in [0.3, 0.4) is 0 Å². The zero-order chi connectivity index (χ0) is 13.6. The highest BCUT2D eigenvalue weighted by Crippen LogP contribution is 2.41. The molecule has 0 saturated carbocycles. The number of sulfonamides is 1. The second-order valence-electron chi connectivity index (χ2n) is 5.60. The molecule has 7 heteroatoms. The molecule has 2 saturated heterocycles. The summed E-state index contributed by atoms with van der Waals surface area (Å²) in [5, 5.41) is 0. The van der Waals surface area contributed by atoms with Gasteiger partial charge in [0.05, 0.1) is 0 Å². The highest BCUT2D eigenvalue weighted by Gasteiger charge is 2.61. The van der Waals surface area contributed by atoms with Crippen LogP contribution in [0.1, 0.15) is 26.7 Å². The molecule has 0 bridgehead atoms. The molecule has 2 aliphatic rings. The maximum Gasteiger partial charge on any atom is 0.258 e. The van der Waals surface area contributed by atoms with Crippen molar-refractivity contribution < 1.29 is 17.9 Å². The fourth-order valence-electron chi connectivity index (χ4n) is 2.39. The normalized spacial score (nSPS) is 28.8. The molecule has 1 amide bonds. The molecule has 18 heavy (non-hydrogen) atoms. The van der Waals surface area contributed by atoms with Gasteiger partial charge in [0.2, 0.25) is 0 Å². The first-order chi connectivity index (χ1) is 8.27. The number of amides is 1. The lowest BCUT2D eigenvalue weighted by Gasteiger charge is -2.48. The Morgan fingerprint density at radius 2 is 1.89 bits per heavy atom. The molecule has 2 heterocycles. The zero-order valence-corrected chi connectivity index (χ0v) is 12.4. The van der Waals surface area contributed by atoms with E-state index in [1.165, 1.54) is 13.8 Å². The molecule has 2 aliphatic heterocycles. The Morgan fingerprint density at radius 3 is 2.33 bits per heavy atom. The van der Waals surface area contributed by atoms with E-state index >= 15 is 0 Å². The van der Waals surface area contributed by atoms with Gasteiger partial charge in [0, 0.05) is 25.2 Å². The first kappa shape index (κ1) is 14.1. The van der Waals surface area contributed by atoms with Gasteiger partial charge in [-0.3, -0.25) is 4.79 Å². The van der Waals surface area contributed by atoms with Crippen molar-refractivity contribution in [3.8, 4) is 0 Å². The van der Waals surface area contributed by atoms with E-state index in [9.17, 15) is 13.2 Å². The average Bonchev–Trinajstić information content (AvgIpc) is 2.36. The largest absolute Gasteiger partial charge is 0.381 e. The summed E-state index contributed by atoms with van der Waals surface area (Å²) in [5.74, 6) is 0.256. The van der Waals surface area contributed by atoms with Gasteiger partial charge in [-0.25, -0.2) is 12.7 Å². The fraction of sp³-hybridized carbons (Fsp3) is 0.909. The number of rotatable bonds is 3. The minimum atomic E-state index is -3.49. The summed E-state index contributed by atoms with van der Waals surface area (Å²) >= 11 is 4.33. The van der Waals surface area contributed by atoms with E-state index in [0.717, 1.165) is 17.1 Å². The number of nitrogens with zero attached hydrogens (tertiary/aromatic N) is 1. The Bertz CT molecular complexity index is 452. The van der Waals surface area contributed by atoms with E-state index in [2.05, 4.69) is 12.6 Å². The molecule has 0 aromatic rings. The summed E-state index contributed by atoms with van der Waals surface area (Å²) in [7, 11) is -3.49. The first-order valence-corrected chi connectivity index (χ1v) is 8.09. The minimum Gasteiger partial charge on any atom is -0.381 e. The smallest absolute Gasteiger partial charge is 0.258 e. The Kier molecular flexibility index (Phi) is 3.44. The van der Waals surface area contributed by atoms with Crippen LogP contribution in [0.2, 0.25) is 0 Å². The highest BCUT2D eigenvalue weighted by molar-refractivity contribution is 7.94. The number of hydrogen-bond acceptors (Lipinski definition) is 5. The third-order valence-electron chi connectivity index (χ3n) is 4.04. The second-order valence-corrected chi connectivity index (χ2v) is 8.33. The van der Waals surface area contributed by atoms with Crippen molar-refractivity contribution in [3.05, 3.63) is 0 Å². The van der Waals surface area contributed by atoms with Crippen molar-refractivity contribution >= 4 is 28.6 Å². The van der Waals surface area contributed by atoms with Crippen LogP contribution >= 0.6 is 12.6 Å². The lowest BCUT2D eigenvalue weighted by atomic mass is 9.82.